The zero-order valence-corrected chi connectivity index (χ0v) is 24.4. The molecule has 0 spiro atoms. The zero-order chi connectivity index (χ0) is 29.0. The summed E-state index contributed by atoms with van der Waals surface area (Å²) in [6.07, 6.45) is 0. The van der Waals surface area contributed by atoms with Gasteiger partial charge in [0.2, 0.25) is 0 Å². The van der Waals surface area contributed by atoms with Gasteiger partial charge in [-0.15, -0.1) is 11.3 Å². The van der Waals surface area contributed by atoms with Gasteiger partial charge < -0.3 is 4.42 Å². The summed E-state index contributed by atoms with van der Waals surface area (Å²) in [5, 5.41) is 4.72. The van der Waals surface area contributed by atoms with Gasteiger partial charge in [0.05, 0.1) is 11.4 Å². The summed E-state index contributed by atoms with van der Waals surface area (Å²) in [6.45, 7) is 0. The first-order valence-corrected chi connectivity index (χ1v) is 15.5. The molecule has 0 saturated carbocycles. The number of rotatable bonds is 4. The Labute approximate surface area is 257 Å². The smallest absolute Gasteiger partial charge is 0.160 e. The van der Waals surface area contributed by atoms with Crippen molar-refractivity contribution in [1.29, 1.82) is 0 Å². The van der Waals surface area contributed by atoms with E-state index in [0.717, 1.165) is 55.6 Å². The van der Waals surface area contributed by atoms with E-state index < -0.39 is 0 Å². The van der Waals surface area contributed by atoms with Crippen molar-refractivity contribution in [2.45, 2.75) is 0 Å². The van der Waals surface area contributed by atoms with E-state index in [1.54, 1.807) is 0 Å². The van der Waals surface area contributed by atoms with E-state index in [2.05, 4.69) is 103 Å². The molecule has 0 fully saturated rings. The number of nitrogens with zero attached hydrogens (tertiary/aromatic N) is 2. The molecule has 0 saturated heterocycles. The van der Waals surface area contributed by atoms with Gasteiger partial charge in [0, 0.05) is 53.2 Å². The predicted molar refractivity (Wildman–Crippen MR) is 184 cm³/mol. The molecule has 0 aliphatic rings. The van der Waals surface area contributed by atoms with Crippen LogP contribution in [-0.2, 0) is 0 Å². The first-order chi connectivity index (χ1) is 21.8. The Balaban J connectivity index is 1.32. The van der Waals surface area contributed by atoms with Gasteiger partial charge in [-0.05, 0) is 29.8 Å². The highest BCUT2D eigenvalue weighted by atomic mass is 32.1. The maximum absolute atomic E-state index is 6.24. The first kappa shape index (κ1) is 25.0. The number of hydrogen-bond donors (Lipinski definition) is 0. The van der Waals surface area contributed by atoms with Crippen LogP contribution >= 0.6 is 11.3 Å². The molecule has 9 rings (SSSR count). The van der Waals surface area contributed by atoms with Crippen LogP contribution in [0.1, 0.15) is 0 Å². The van der Waals surface area contributed by atoms with Gasteiger partial charge in [-0.1, -0.05) is 121 Å². The Morgan fingerprint density at radius 3 is 1.95 bits per heavy atom. The fraction of sp³-hybridized carbons (Fsp3) is 0. The molecule has 9 aromatic rings. The molecule has 0 unspecified atom stereocenters. The van der Waals surface area contributed by atoms with Crippen LogP contribution in [0.3, 0.4) is 0 Å². The number of aromatic nitrogens is 2. The monoisotopic (exact) mass is 580 g/mol. The molecule has 3 nitrogen and oxygen atoms in total. The molecule has 44 heavy (non-hydrogen) atoms. The number of hydrogen-bond acceptors (Lipinski definition) is 4. The number of benzene rings is 6. The minimum absolute atomic E-state index is 0.692. The molecule has 3 aromatic heterocycles. The summed E-state index contributed by atoms with van der Waals surface area (Å²) < 4.78 is 8.83. The number of thiophene rings is 1. The van der Waals surface area contributed by atoms with Crippen molar-refractivity contribution < 1.29 is 4.42 Å². The molecule has 6 aromatic carbocycles. The van der Waals surface area contributed by atoms with Gasteiger partial charge in [0.25, 0.3) is 0 Å². The highest BCUT2D eigenvalue weighted by molar-refractivity contribution is 7.26. The van der Waals surface area contributed by atoms with Crippen LogP contribution in [0, 0.1) is 0 Å². The van der Waals surface area contributed by atoms with Crippen LogP contribution < -0.4 is 0 Å². The Kier molecular flexibility index (Phi) is 5.68. The van der Waals surface area contributed by atoms with Crippen LogP contribution in [-0.4, -0.2) is 9.97 Å². The van der Waals surface area contributed by atoms with E-state index in [9.17, 15) is 0 Å². The molecule has 4 heteroatoms. The van der Waals surface area contributed by atoms with Crippen molar-refractivity contribution in [1.82, 2.24) is 9.97 Å². The SMILES string of the molecule is c1ccc(-c2nc(-c3ccccc3-c3cccc4c3sc3ccccc34)cc(-c3cccc4oc5ccccc5c34)n2)cc1. The van der Waals surface area contributed by atoms with Crippen LogP contribution in [0.15, 0.2) is 150 Å². The summed E-state index contributed by atoms with van der Waals surface area (Å²) in [5.41, 5.74) is 8.90. The molecule has 0 N–H and O–H groups in total. The van der Waals surface area contributed by atoms with E-state index in [0.29, 0.717) is 5.82 Å². The van der Waals surface area contributed by atoms with Crippen LogP contribution in [0.5, 0.6) is 0 Å². The van der Waals surface area contributed by atoms with Crippen LogP contribution in [0.4, 0.5) is 0 Å². The molecule has 206 valence electrons. The normalized spacial score (nSPS) is 11.6. The molecule has 0 aliphatic heterocycles. The highest BCUT2D eigenvalue weighted by Crippen LogP contribution is 2.43. The quantitative estimate of drug-likeness (QED) is 0.208. The van der Waals surface area contributed by atoms with E-state index in [1.165, 1.54) is 25.7 Å². The average molecular weight is 581 g/mol. The standard InChI is InChI=1S/C40H24N2OS/c1-2-12-25(13-3-1)40-41-33(24-34(42-40)31-20-11-22-36-38(31)32-17-6-8-21-35(32)43-36)27-15-5-4-14-26(27)29-18-10-19-30-28-16-7-9-23-37(28)44-39(29)30/h1-24H. The summed E-state index contributed by atoms with van der Waals surface area (Å²) in [7, 11) is 0. The van der Waals surface area contributed by atoms with Crippen LogP contribution in [0.25, 0.3) is 87.1 Å². The Morgan fingerprint density at radius 2 is 1.07 bits per heavy atom. The van der Waals surface area contributed by atoms with Gasteiger partial charge >= 0.3 is 0 Å². The van der Waals surface area contributed by atoms with Crippen molar-refractivity contribution in [2.24, 2.45) is 0 Å². The third-order valence-corrected chi connectivity index (χ3v) is 9.55. The van der Waals surface area contributed by atoms with Crippen molar-refractivity contribution in [3.8, 4) is 45.0 Å². The number of furan rings is 1. The minimum Gasteiger partial charge on any atom is -0.456 e. The maximum Gasteiger partial charge on any atom is 0.160 e. The first-order valence-electron chi connectivity index (χ1n) is 14.7. The number of para-hydroxylation sites is 1. The number of fused-ring (bicyclic) bond motifs is 6. The second kappa shape index (κ2) is 10.0. The lowest BCUT2D eigenvalue weighted by Gasteiger charge is -2.14. The summed E-state index contributed by atoms with van der Waals surface area (Å²) in [4.78, 5) is 10.4. The van der Waals surface area contributed by atoms with Crippen molar-refractivity contribution in [3.05, 3.63) is 146 Å². The van der Waals surface area contributed by atoms with Crippen molar-refractivity contribution >= 4 is 53.4 Å². The molecule has 0 aliphatic carbocycles. The average Bonchev–Trinajstić information content (AvgIpc) is 3.67. The summed E-state index contributed by atoms with van der Waals surface area (Å²) >= 11 is 1.85. The van der Waals surface area contributed by atoms with Gasteiger partial charge in [-0.25, -0.2) is 9.97 Å². The lowest BCUT2D eigenvalue weighted by atomic mass is 9.95. The fourth-order valence-electron chi connectivity index (χ4n) is 6.33. The van der Waals surface area contributed by atoms with Crippen LogP contribution in [0.2, 0.25) is 0 Å². The Morgan fingerprint density at radius 1 is 0.455 bits per heavy atom. The van der Waals surface area contributed by atoms with E-state index in [4.69, 9.17) is 14.4 Å². The lowest BCUT2D eigenvalue weighted by molar-refractivity contribution is 0.669. The fourth-order valence-corrected chi connectivity index (χ4v) is 7.56. The Bertz CT molecular complexity index is 2510. The van der Waals surface area contributed by atoms with E-state index in [-0.39, 0.29) is 0 Å². The molecular formula is C40H24N2OS. The minimum atomic E-state index is 0.692. The predicted octanol–water partition coefficient (Wildman–Crippen LogP) is 11.4. The van der Waals surface area contributed by atoms with E-state index >= 15 is 0 Å². The summed E-state index contributed by atoms with van der Waals surface area (Å²) in [5.74, 6) is 0.692. The second-order valence-corrected chi connectivity index (χ2v) is 12.0. The molecule has 3 heterocycles. The lowest BCUT2D eigenvalue weighted by Crippen LogP contribution is -1.97. The Hall–Kier alpha value is -5.58. The molecule has 0 radical (unpaired) electrons. The maximum atomic E-state index is 6.24. The van der Waals surface area contributed by atoms with Gasteiger partial charge in [-0.3, -0.25) is 0 Å². The third-order valence-electron chi connectivity index (χ3n) is 8.33. The van der Waals surface area contributed by atoms with Crippen molar-refractivity contribution in [2.75, 3.05) is 0 Å². The summed E-state index contributed by atoms with van der Waals surface area (Å²) in [6, 6.07) is 50.6. The zero-order valence-electron chi connectivity index (χ0n) is 23.6. The highest BCUT2D eigenvalue weighted by Gasteiger charge is 2.19. The van der Waals surface area contributed by atoms with Crippen molar-refractivity contribution in [3.63, 3.8) is 0 Å². The molecule has 0 bridgehead atoms. The third kappa shape index (κ3) is 3.96. The van der Waals surface area contributed by atoms with Gasteiger partial charge in [0.15, 0.2) is 5.82 Å². The molecule has 0 amide bonds. The second-order valence-electron chi connectivity index (χ2n) is 10.9. The van der Waals surface area contributed by atoms with Gasteiger partial charge in [-0.2, -0.15) is 0 Å². The topological polar surface area (TPSA) is 38.9 Å². The largest absolute Gasteiger partial charge is 0.456 e. The van der Waals surface area contributed by atoms with Gasteiger partial charge in [0.1, 0.15) is 11.2 Å². The molecule has 0 atom stereocenters. The molecular weight excluding hydrogens is 557 g/mol. The van der Waals surface area contributed by atoms with E-state index in [1.807, 2.05) is 53.8 Å².